The summed E-state index contributed by atoms with van der Waals surface area (Å²) in [6.45, 7) is 2.48. The van der Waals surface area contributed by atoms with Crippen molar-refractivity contribution in [2.75, 3.05) is 11.9 Å². The number of hydrogen-bond donors (Lipinski definition) is 3. The van der Waals surface area contributed by atoms with Gasteiger partial charge in [-0.15, -0.1) is 0 Å². The Hall–Kier alpha value is -2.79. The number of aromatic amines is 1. The molecule has 0 fully saturated rings. The van der Waals surface area contributed by atoms with E-state index in [0.717, 1.165) is 22.9 Å². The zero-order chi connectivity index (χ0) is 19.2. The Kier molecular flexibility index (Phi) is 6.14. The number of carbonyl (C=O) groups is 2. The Bertz CT molecular complexity index is 948. The molecule has 0 bridgehead atoms. The first-order valence-electron chi connectivity index (χ1n) is 9.00. The van der Waals surface area contributed by atoms with Gasteiger partial charge in [-0.3, -0.25) is 9.59 Å². The van der Waals surface area contributed by atoms with Crippen molar-refractivity contribution < 1.29 is 9.59 Å². The molecule has 1 heterocycles. The fourth-order valence-corrected chi connectivity index (χ4v) is 3.10. The first-order valence-corrected chi connectivity index (χ1v) is 9.38. The van der Waals surface area contributed by atoms with Gasteiger partial charge in [0, 0.05) is 46.3 Å². The summed E-state index contributed by atoms with van der Waals surface area (Å²) >= 11 is 6.06. The van der Waals surface area contributed by atoms with E-state index in [2.05, 4.69) is 15.6 Å². The number of amides is 2. The van der Waals surface area contributed by atoms with Crippen LogP contribution in [0.5, 0.6) is 0 Å². The molecule has 5 nitrogen and oxygen atoms in total. The summed E-state index contributed by atoms with van der Waals surface area (Å²) in [7, 11) is 0. The van der Waals surface area contributed by atoms with Gasteiger partial charge in [-0.05, 0) is 60.9 Å². The van der Waals surface area contributed by atoms with Crippen LogP contribution < -0.4 is 10.6 Å². The van der Waals surface area contributed by atoms with Crippen molar-refractivity contribution in [1.82, 2.24) is 10.3 Å². The van der Waals surface area contributed by atoms with E-state index in [1.807, 2.05) is 31.3 Å². The number of benzene rings is 2. The Labute approximate surface area is 163 Å². The highest BCUT2D eigenvalue weighted by molar-refractivity contribution is 6.31. The molecule has 27 heavy (non-hydrogen) atoms. The molecule has 0 saturated heterocycles. The zero-order valence-corrected chi connectivity index (χ0v) is 15.9. The molecule has 1 aromatic heterocycles. The molecular weight excluding hydrogens is 362 g/mol. The van der Waals surface area contributed by atoms with Crippen molar-refractivity contribution >= 4 is 40.0 Å². The van der Waals surface area contributed by atoms with E-state index in [9.17, 15) is 9.59 Å². The van der Waals surface area contributed by atoms with Crippen LogP contribution in [0.3, 0.4) is 0 Å². The molecule has 140 valence electrons. The SMILES string of the molecule is CCCC(=O)Nc1ccc(C(=O)NCCc2c[nH]c3ccc(Cl)cc23)cc1. The quantitative estimate of drug-likeness (QED) is 0.560. The number of H-pyrrole nitrogens is 1. The number of nitrogens with one attached hydrogen (secondary N) is 3. The second kappa shape index (κ2) is 8.73. The highest BCUT2D eigenvalue weighted by Crippen LogP contribution is 2.22. The summed E-state index contributed by atoms with van der Waals surface area (Å²) in [5.74, 6) is -0.159. The van der Waals surface area contributed by atoms with E-state index in [1.165, 1.54) is 0 Å². The molecule has 2 amide bonds. The first kappa shape index (κ1) is 19.0. The van der Waals surface area contributed by atoms with Gasteiger partial charge in [0.1, 0.15) is 0 Å². The molecule has 0 aliphatic heterocycles. The number of halogens is 1. The van der Waals surface area contributed by atoms with Gasteiger partial charge in [0.2, 0.25) is 5.91 Å². The standard InChI is InChI=1S/C21H22ClN3O2/c1-2-3-20(26)25-17-7-4-14(5-8-17)21(27)23-11-10-15-13-24-19-9-6-16(22)12-18(15)19/h4-9,12-13,24H,2-3,10-11H2,1H3,(H,23,27)(H,25,26). The number of fused-ring (bicyclic) bond motifs is 1. The minimum atomic E-state index is -0.140. The molecular formula is C21H22ClN3O2. The van der Waals surface area contributed by atoms with E-state index in [0.29, 0.717) is 35.7 Å². The number of anilines is 1. The predicted molar refractivity (Wildman–Crippen MR) is 109 cm³/mol. The van der Waals surface area contributed by atoms with Crippen LogP contribution in [0.4, 0.5) is 5.69 Å². The van der Waals surface area contributed by atoms with Crippen LogP contribution in [0.25, 0.3) is 10.9 Å². The van der Waals surface area contributed by atoms with Crippen LogP contribution in [-0.4, -0.2) is 23.3 Å². The van der Waals surface area contributed by atoms with Crippen LogP contribution >= 0.6 is 11.6 Å². The van der Waals surface area contributed by atoms with Gasteiger partial charge >= 0.3 is 0 Å². The Morgan fingerprint density at radius 2 is 1.89 bits per heavy atom. The van der Waals surface area contributed by atoms with Crippen molar-refractivity contribution in [3.05, 3.63) is 64.8 Å². The molecule has 3 aromatic rings. The minimum absolute atomic E-state index is 0.0199. The van der Waals surface area contributed by atoms with Gasteiger partial charge < -0.3 is 15.6 Å². The molecule has 3 rings (SSSR count). The molecule has 0 radical (unpaired) electrons. The van der Waals surface area contributed by atoms with Crippen LogP contribution in [0.15, 0.2) is 48.7 Å². The highest BCUT2D eigenvalue weighted by atomic mass is 35.5. The van der Waals surface area contributed by atoms with Gasteiger partial charge in [-0.2, -0.15) is 0 Å². The highest BCUT2D eigenvalue weighted by Gasteiger charge is 2.08. The average molecular weight is 384 g/mol. The molecule has 0 atom stereocenters. The fourth-order valence-electron chi connectivity index (χ4n) is 2.93. The third-order valence-corrected chi connectivity index (χ3v) is 4.55. The van der Waals surface area contributed by atoms with Crippen molar-refractivity contribution in [3.8, 4) is 0 Å². The minimum Gasteiger partial charge on any atom is -0.361 e. The third kappa shape index (κ3) is 4.89. The van der Waals surface area contributed by atoms with E-state index in [-0.39, 0.29) is 11.8 Å². The van der Waals surface area contributed by atoms with Gasteiger partial charge in [-0.25, -0.2) is 0 Å². The normalized spacial score (nSPS) is 10.7. The number of carbonyl (C=O) groups excluding carboxylic acids is 2. The average Bonchev–Trinajstić information content (AvgIpc) is 3.04. The largest absolute Gasteiger partial charge is 0.361 e. The van der Waals surface area contributed by atoms with Crippen LogP contribution in [-0.2, 0) is 11.2 Å². The molecule has 0 unspecified atom stereocenters. The van der Waals surface area contributed by atoms with E-state index >= 15 is 0 Å². The van der Waals surface area contributed by atoms with Gasteiger partial charge in [-0.1, -0.05) is 18.5 Å². The zero-order valence-electron chi connectivity index (χ0n) is 15.1. The van der Waals surface area contributed by atoms with Crippen molar-refractivity contribution in [2.45, 2.75) is 26.2 Å². The van der Waals surface area contributed by atoms with E-state index in [4.69, 9.17) is 11.6 Å². The second-order valence-electron chi connectivity index (χ2n) is 6.39. The Morgan fingerprint density at radius 3 is 2.63 bits per heavy atom. The second-order valence-corrected chi connectivity index (χ2v) is 6.82. The Balaban J connectivity index is 1.54. The van der Waals surface area contributed by atoms with Gasteiger partial charge in [0.25, 0.3) is 5.91 Å². The van der Waals surface area contributed by atoms with E-state index < -0.39 is 0 Å². The van der Waals surface area contributed by atoms with E-state index in [1.54, 1.807) is 24.3 Å². The maximum Gasteiger partial charge on any atom is 0.251 e. The maximum atomic E-state index is 12.3. The number of aromatic nitrogens is 1. The topological polar surface area (TPSA) is 74.0 Å². The molecule has 0 spiro atoms. The molecule has 0 saturated carbocycles. The smallest absolute Gasteiger partial charge is 0.251 e. The lowest BCUT2D eigenvalue weighted by atomic mass is 10.1. The van der Waals surface area contributed by atoms with Crippen molar-refractivity contribution in [1.29, 1.82) is 0 Å². The summed E-state index contributed by atoms with van der Waals surface area (Å²) in [5, 5.41) is 7.50. The maximum absolute atomic E-state index is 12.3. The Morgan fingerprint density at radius 1 is 1.11 bits per heavy atom. The summed E-state index contributed by atoms with van der Waals surface area (Å²) in [6.07, 6.45) is 3.94. The monoisotopic (exact) mass is 383 g/mol. The summed E-state index contributed by atoms with van der Waals surface area (Å²) in [6, 6.07) is 12.6. The van der Waals surface area contributed by atoms with Crippen molar-refractivity contribution in [3.63, 3.8) is 0 Å². The van der Waals surface area contributed by atoms with Crippen LogP contribution in [0.1, 0.15) is 35.7 Å². The molecule has 6 heteroatoms. The lowest BCUT2D eigenvalue weighted by Gasteiger charge is -2.07. The molecule has 3 N–H and O–H groups in total. The lowest BCUT2D eigenvalue weighted by Crippen LogP contribution is -2.25. The first-order chi connectivity index (χ1) is 13.1. The predicted octanol–water partition coefficient (Wildman–Crippen LogP) is 4.53. The molecule has 0 aliphatic rings. The number of hydrogen-bond acceptors (Lipinski definition) is 2. The van der Waals surface area contributed by atoms with Crippen LogP contribution in [0.2, 0.25) is 5.02 Å². The van der Waals surface area contributed by atoms with Crippen molar-refractivity contribution in [2.24, 2.45) is 0 Å². The summed E-state index contributed by atoms with van der Waals surface area (Å²) < 4.78 is 0. The summed E-state index contributed by atoms with van der Waals surface area (Å²) in [4.78, 5) is 27.1. The number of rotatable bonds is 7. The van der Waals surface area contributed by atoms with Crippen LogP contribution in [0, 0.1) is 0 Å². The van der Waals surface area contributed by atoms with Gasteiger partial charge in [0.15, 0.2) is 0 Å². The van der Waals surface area contributed by atoms with Gasteiger partial charge in [0.05, 0.1) is 0 Å². The molecule has 2 aromatic carbocycles. The lowest BCUT2D eigenvalue weighted by molar-refractivity contribution is -0.116. The third-order valence-electron chi connectivity index (χ3n) is 4.32. The summed E-state index contributed by atoms with van der Waals surface area (Å²) in [5.41, 5.74) is 3.40. The fraction of sp³-hybridized carbons (Fsp3) is 0.238. The molecule has 0 aliphatic carbocycles.